The van der Waals surface area contributed by atoms with Crippen molar-refractivity contribution in [3.8, 4) is 0 Å². The molecule has 1 aliphatic rings. The first kappa shape index (κ1) is 14.3. The average molecular weight is 319 g/mol. The van der Waals surface area contributed by atoms with E-state index in [1.165, 1.54) is 10.5 Å². The fraction of sp³-hybridized carbons (Fsp3) is 0.188. The SMILES string of the molecule is NC(=O)c1ccc(NC2CCSc3ccccc32)cc1Cl. The summed E-state index contributed by atoms with van der Waals surface area (Å²) in [6.07, 6.45) is 1.05. The lowest BCUT2D eigenvalue weighted by molar-refractivity contribution is 0.100. The highest BCUT2D eigenvalue weighted by atomic mass is 35.5. The first-order valence-corrected chi connectivity index (χ1v) is 8.09. The molecule has 1 aliphatic heterocycles. The van der Waals surface area contributed by atoms with Crippen molar-refractivity contribution in [3.63, 3.8) is 0 Å². The number of halogens is 1. The molecule has 0 aliphatic carbocycles. The minimum absolute atomic E-state index is 0.262. The molecule has 2 aromatic rings. The zero-order valence-electron chi connectivity index (χ0n) is 11.3. The molecule has 108 valence electrons. The number of carbonyl (C=O) groups excluding carboxylic acids is 1. The lowest BCUT2D eigenvalue weighted by Gasteiger charge is -2.27. The number of rotatable bonds is 3. The first-order valence-electron chi connectivity index (χ1n) is 6.73. The molecule has 1 atom stereocenters. The van der Waals surface area contributed by atoms with Crippen LogP contribution >= 0.6 is 23.4 Å². The van der Waals surface area contributed by atoms with E-state index in [2.05, 4.69) is 29.6 Å². The number of hydrogen-bond acceptors (Lipinski definition) is 3. The zero-order chi connectivity index (χ0) is 14.8. The molecule has 3 nitrogen and oxygen atoms in total. The third kappa shape index (κ3) is 3.01. The lowest BCUT2D eigenvalue weighted by Crippen LogP contribution is -2.16. The van der Waals surface area contributed by atoms with E-state index in [9.17, 15) is 4.79 Å². The Hall–Kier alpha value is -1.65. The van der Waals surface area contributed by atoms with Gasteiger partial charge in [0.05, 0.1) is 16.6 Å². The van der Waals surface area contributed by atoms with Gasteiger partial charge < -0.3 is 11.1 Å². The molecule has 1 heterocycles. The van der Waals surface area contributed by atoms with Crippen LogP contribution in [0.4, 0.5) is 5.69 Å². The Morgan fingerprint density at radius 1 is 1.29 bits per heavy atom. The third-order valence-electron chi connectivity index (χ3n) is 3.53. The molecule has 21 heavy (non-hydrogen) atoms. The van der Waals surface area contributed by atoms with Crippen LogP contribution in [0.3, 0.4) is 0 Å². The standard InChI is InChI=1S/C16H15ClN2OS/c17-13-9-10(5-6-11(13)16(18)20)19-14-7-8-21-15-4-2-1-3-12(14)15/h1-6,9,14,19H,7-8H2,(H2,18,20). The van der Waals surface area contributed by atoms with Crippen molar-refractivity contribution >= 4 is 35.0 Å². The summed E-state index contributed by atoms with van der Waals surface area (Å²) in [7, 11) is 0. The van der Waals surface area contributed by atoms with E-state index in [0.29, 0.717) is 10.6 Å². The number of benzene rings is 2. The van der Waals surface area contributed by atoms with Crippen LogP contribution in [0.2, 0.25) is 5.02 Å². The Morgan fingerprint density at radius 2 is 2.10 bits per heavy atom. The second-order valence-corrected chi connectivity index (χ2v) is 6.47. The molecule has 3 N–H and O–H groups in total. The number of nitrogens with one attached hydrogen (secondary N) is 1. The monoisotopic (exact) mass is 318 g/mol. The van der Waals surface area contributed by atoms with Gasteiger partial charge >= 0.3 is 0 Å². The van der Waals surface area contributed by atoms with Gasteiger partial charge in [0.15, 0.2) is 0 Å². The van der Waals surface area contributed by atoms with Crippen molar-refractivity contribution in [2.24, 2.45) is 5.73 Å². The Balaban J connectivity index is 1.85. The van der Waals surface area contributed by atoms with E-state index in [1.807, 2.05) is 17.8 Å². The van der Waals surface area contributed by atoms with Crippen LogP contribution in [0.15, 0.2) is 47.4 Å². The summed E-state index contributed by atoms with van der Waals surface area (Å²) < 4.78 is 0. The maximum atomic E-state index is 11.2. The van der Waals surface area contributed by atoms with Crippen molar-refractivity contribution in [2.75, 3.05) is 11.1 Å². The molecule has 0 aromatic heterocycles. The summed E-state index contributed by atoms with van der Waals surface area (Å²) in [6, 6.07) is 13.9. The quantitative estimate of drug-likeness (QED) is 0.896. The van der Waals surface area contributed by atoms with Crippen molar-refractivity contribution in [3.05, 3.63) is 58.6 Å². The number of anilines is 1. The number of carbonyl (C=O) groups is 1. The van der Waals surface area contributed by atoms with Gasteiger partial charge in [-0.15, -0.1) is 11.8 Å². The normalized spacial score (nSPS) is 17.1. The molecule has 0 bridgehead atoms. The van der Waals surface area contributed by atoms with Crippen LogP contribution < -0.4 is 11.1 Å². The third-order valence-corrected chi connectivity index (χ3v) is 4.97. The van der Waals surface area contributed by atoms with Gasteiger partial charge in [-0.05, 0) is 36.2 Å². The molecule has 0 saturated carbocycles. The summed E-state index contributed by atoms with van der Waals surface area (Å²) in [4.78, 5) is 12.5. The molecule has 0 spiro atoms. The summed E-state index contributed by atoms with van der Waals surface area (Å²) in [5.74, 6) is 0.577. The largest absolute Gasteiger partial charge is 0.378 e. The Bertz CT molecular complexity index is 690. The predicted octanol–water partition coefficient (Wildman–Crippen LogP) is 4.09. The lowest BCUT2D eigenvalue weighted by atomic mass is 10.0. The zero-order valence-corrected chi connectivity index (χ0v) is 12.9. The second kappa shape index (κ2) is 6.00. The van der Waals surface area contributed by atoms with Crippen molar-refractivity contribution in [2.45, 2.75) is 17.4 Å². The van der Waals surface area contributed by atoms with Gasteiger partial charge in [0, 0.05) is 16.3 Å². The van der Waals surface area contributed by atoms with E-state index in [1.54, 1.807) is 12.1 Å². The number of nitrogens with two attached hydrogens (primary N) is 1. The Labute approximate surface area is 132 Å². The highest BCUT2D eigenvalue weighted by Crippen LogP contribution is 2.38. The van der Waals surface area contributed by atoms with Gasteiger partial charge in [-0.3, -0.25) is 4.79 Å². The summed E-state index contributed by atoms with van der Waals surface area (Å²) in [5.41, 5.74) is 7.82. The number of fused-ring (bicyclic) bond motifs is 1. The maximum Gasteiger partial charge on any atom is 0.250 e. The topological polar surface area (TPSA) is 55.1 Å². The first-order chi connectivity index (χ1) is 10.1. The molecule has 1 amide bonds. The van der Waals surface area contributed by atoms with E-state index < -0.39 is 5.91 Å². The summed E-state index contributed by atoms with van der Waals surface area (Å²) >= 11 is 7.98. The van der Waals surface area contributed by atoms with E-state index >= 15 is 0 Å². The average Bonchev–Trinajstić information content (AvgIpc) is 2.47. The smallest absolute Gasteiger partial charge is 0.250 e. The Morgan fingerprint density at radius 3 is 2.86 bits per heavy atom. The molecule has 3 rings (SSSR count). The van der Waals surface area contributed by atoms with Crippen molar-refractivity contribution < 1.29 is 4.79 Å². The van der Waals surface area contributed by atoms with Gasteiger partial charge in [-0.25, -0.2) is 0 Å². The minimum Gasteiger partial charge on any atom is -0.378 e. The van der Waals surface area contributed by atoms with Crippen LogP contribution in [0, 0.1) is 0 Å². The molecule has 2 aromatic carbocycles. The summed E-state index contributed by atoms with van der Waals surface area (Å²) in [5, 5.41) is 3.87. The molecule has 5 heteroatoms. The van der Waals surface area contributed by atoms with E-state index in [4.69, 9.17) is 17.3 Å². The highest BCUT2D eigenvalue weighted by molar-refractivity contribution is 7.99. The number of primary amides is 1. The minimum atomic E-state index is -0.508. The van der Waals surface area contributed by atoms with Crippen LogP contribution in [0.5, 0.6) is 0 Å². The molecular formula is C16H15ClN2OS. The summed E-state index contributed by atoms with van der Waals surface area (Å²) in [6.45, 7) is 0. The van der Waals surface area contributed by atoms with Gasteiger partial charge in [0.2, 0.25) is 5.91 Å². The number of amides is 1. The fourth-order valence-electron chi connectivity index (χ4n) is 2.50. The maximum absolute atomic E-state index is 11.2. The number of thioether (sulfide) groups is 1. The Kier molecular flexibility index (Phi) is 4.08. The van der Waals surface area contributed by atoms with Gasteiger partial charge in [-0.2, -0.15) is 0 Å². The molecular weight excluding hydrogens is 304 g/mol. The molecule has 1 unspecified atom stereocenters. The van der Waals surface area contributed by atoms with Gasteiger partial charge in [-0.1, -0.05) is 29.8 Å². The molecule has 0 saturated heterocycles. The predicted molar refractivity (Wildman–Crippen MR) is 88.1 cm³/mol. The highest BCUT2D eigenvalue weighted by Gasteiger charge is 2.20. The molecule has 0 fully saturated rings. The van der Waals surface area contributed by atoms with Crippen molar-refractivity contribution in [1.82, 2.24) is 0 Å². The van der Waals surface area contributed by atoms with Gasteiger partial charge in [0.25, 0.3) is 0 Å². The van der Waals surface area contributed by atoms with Crippen LogP contribution in [-0.4, -0.2) is 11.7 Å². The van der Waals surface area contributed by atoms with Crippen LogP contribution in [0.1, 0.15) is 28.4 Å². The van der Waals surface area contributed by atoms with Crippen LogP contribution in [0.25, 0.3) is 0 Å². The molecule has 0 radical (unpaired) electrons. The van der Waals surface area contributed by atoms with E-state index in [-0.39, 0.29) is 6.04 Å². The second-order valence-electron chi connectivity index (χ2n) is 4.93. The fourth-order valence-corrected chi connectivity index (χ4v) is 3.90. The van der Waals surface area contributed by atoms with Gasteiger partial charge in [0.1, 0.15) is 0 Å². The van der Waals surface area contributed by atoms with Crippen LogP contribution in [-0.2, 0) is 0 Å². The number of hydrogen-bond donors (Lipinski definition) is 2. The van der Waals surface area contributed by atoms with Crippen molar-refractivity contribution in [1.29, 1.82) is 0 Å². The van der Waals surface area contributed by atoms with E-state index in [0.717, 1.165) is 17.9 Å².